The first-order chi connectivity index (χ1) is 13.5. The predicted molar refractivity (Wildman–Crippen MR) is 112 cm³/mol. The normalized spacial score (nSPS) is 13.8. The van der Waals surface area contributed by atoms with Gasteiger partial charge in [0.25, 0.3) is 0 Å². The van der Waals surface area contributed by atoms with Crippen molar-refractivity contribution in [3.8, 4) is 0 Å². The van der Waals surface area contributed by atoms with Crippen molar-refractivity contribution in [3.63, 3.8) is 0 Å². The van der Waals surface area contributed by atoms with E-state index in [2.05, 4.69) is 24.5 Å². The summed E-state index contributed by atoms with van der Waals surface area (Å²) in [7, 11) is 0. The van der Waals surface area contributed by atoms with Crippen LogP contribution in [0.25, 0.3) is 0 Å². The van der Waals surface area contributed by atoms with E-state index >= 15 is 0 Å². The van der Waals surface area contributed by atoms with Gasteiger partial charge in [0.15, 0.2) is 0 Å². The van der Waals surface area contributed by atoms with Gasteiger partial charge in [-0.2, -0.15) is 13.2 Å². The van der Waals surface area contributed by atoms with Crippen molar-refractivity contribution in [3.05, 3.63) is 58.6 Å². The number of hydrogen-bond donors (Lipinski definition) is 2. The zero-order valence-corrected chi connectivity index (χ0v) is 17.7. The molecule has 2 aromatic carbocycles. The van der Waals surface area contributed by atoms with Gasteiger partial charge in [0.1, 0.15) is 6.04 Å². The van der Waals surface area contributed by atoms with E-state index < -0.39 is 17.8 Å². The Kier molecular flexibility index (Phi) is 7.58. The van der Waals surface area contributed by atoms with E-state index in [0.717, 1.165) is 29.8 Å². The Labute approximate surface area is 174 Å². The van der Waals surface area contributed by atoms with Crippen LogP contribution in [0.2, 0.25) is 5.02 Å². The first-order valence-corrected chi connectivity index (χ1v) is 9.95. The lowest BCUT2D eigenvalue weighted by Gasteiger charge is -2.25. The summed E-state index contributed by atoms with van der Waals surface area (Å²) in [5.41, 5.74) is 1.22. The Bertz CT molecular complexity index is 852. The zero-order chi connectivity index (χ0) is 21.8. The molecule has 0 bridgehead atoms. The lowest BCUT2D eigenvalue weighted by atomic mass is 9.96. The highest BCUT2D eigenvalue weighted by Crippen LogP contribution is 2.34. The number of carbonyl (C=O) groups excluding carboxylic acids is 1. The van der Waals surface area contributed by atoms with Crippen molar-refractivity contribution in [2.75, 3.05) is 10.6 Å². The highest BCUT2D eigenvalue weighted by atomic mass is 35.5. The Hall–Kier alpha value is -2.21. The minimum atomic E-state index is -4.48. The van der Waals surface area contributed by atoms with Crippen LogP contribution in [0.5, 0.6) is 0 Å². The second-order valence-electron chi connectivity index (χ2n) is 7.44. The molecule has 2 aromatic rings. The third-order valence-corrected chi connectivity index (χ3v) is 5.23. The van der Waals surface area contributed by atoms with Gasteiger partial charge in [0.2, 0.25) is 5.91 Å². The molecular formula is C22H26ClF3N2O. The molecule has 0 saturated heterocycles. The largest absolute Gasteiger partial charge is 0.416 e. The second kappa shape index (κ2) is 9.53. The number of halogens is 4. The average molecular weight is 427 g/mol. The van der Waals surface area contributed by atoms with Gasteiger partial charge in [-0.15, -0.1) is 0 Å². The van der Waals surface area contributed by atoms with Crippen LogP contribution in [0.15, 0.2) is 42.5 Å². The molecule has 0 aliphatic heterocycles. The summed E-state index contributed by atoms with van der Waals surface area (Å²) < 4.78 is 38.5. The average Bonchev–Trinajstić information content (AvgIpc) is 2.65. The number of benzene rings is 2. The number of rotatable bonds is 7. The van der Waals surface area contributed by atoms with Crippen LogP contribution in [0.4, 0.5) is 24.5 Å². The van der Waals surface area contributed by atoms with E-state index in [4.69, 9.17) is 11.6 Å². The molecule has 0 aliphatic carbocycles. The van der Waals surface area contributed by atoms with E-state index in [0.29, 0.717) is 0 Å². The van der Waals surface area contributed by atoms with Crippen LogP contribution in [-0.4, -0.2) is 11.9 Å². The van der Waals surface area contributed by atoms with Crippen LogP contribution >= 0.6 is 11.6 Å². The van der Waals surface area contributed by atoms with E-state index in [1.807, 2.05) is 38.1 Å². The van der Waals surface area contributed by atoms with Crippen LogP contribution in [-0.2, 0) is 11.0 Å². The van der Waals surface area contributed by atoms with Gasteiger partial charge in [0.05, 0.1) is 16.3 Å². The summed E-state index contributed by atoms with van der Waals surface area (Å²) in [4.78, 5) is 13.0. The third-order valence-electron chi connectivity index (χ3n) is 4.92. The van der Waals surface area contributed by atoms with Crippen molar-refractivity contribution < 1.29 is 18.0 Å². The summed E-state index contributed by atoms with van der Waals surface area (Å²) >= 11 is 6.04. The molecule has 0 heterocycles. The molecule has 2 atom stereocenters. The van der Waals surface area contributed by atoms with Gasteiger partial charge in [-0.3, -0.25) is 4.79 Å². The van der Waals surface area contributed by atoms with E-state index in [1.54, 1.807) is 0 Å². The molecule has 3 nitrogen and oxygen atoms in total. The molecule has 0 aliphatic rings. The van der Waals surface area contributed by atoms with Crippen molar-refractivity contribution >= 4 is 28.9 Å². The van der Waals surface area contributed by atoms with E-state index in [9.17, 15) is 18.0 Å². The molecule has 0 unspecified atom stereocenters. The van der Waals surface area contributed by atoms with E-state index in [1.165, 1.54) is 6.07 Å². The minimum absolute atomic E-state index is 0.0849. The summed E-state index contributed by atoms with van der Waals surface area (Å²) in [6, 6.07) is 9.99. The second-order valence-corrected chi connectivity index (χ2v) is 7.85. The highest BCUT2D eigenvalue weighted by molar-refractivity contribution is 6.33. The Morgan fingerprint density at radius 3 is 2.28 bits per heavy atom. The Morgan fingerprint density at radius 1 is 1.07 bits per heavy atom. The topological polar surface area (TPSA) is 41.1 Å². The first-order valence-electron chi connectivity index (χ1n) is 9.57. The van der Waals surface area contributed by atoms with Crippen LogP contribution in [0.1, 0.15) is 51.2 Å². The van der Waals surface area contributed by atoms with Gasteiger partial charge < -0.3 is 10.6 Å². The zero-order valence-electron chi connectivity index (χ0n) is 16.9. The standard InChI is InChI=1S/C22H26ClF3N2O/c1-5-14(4)16-8-6-7-9-18(16)28-21(29)20(13(2)3)27-19-11-10-15(12-17(19)23)22(24,25)26/h6-14,20,27H,5H2,1-4H3,(H,28,29)/t14-,20+/m1/s1. The fraction of sp³-hybridized carbons (Fsp3) is 0.409. The predicted octanol–water partition coefficient (Wildman–Crippen LogP) is 6.95. The fourth-order valence-corrected chi connectivity index (χ4v) is 3.22. The number of para-hydroxylation sites is 1. The fourth-order valence-electron chi connectivity index (χ4n) is 2.98. The molecule has 29 heavy (non-hydrogen) atoms. The first kappa shape index (κ1) is 23.1. The van der Waals surface area contributed by atoms with Crippen molar-refractivity contribution in [2.45, 2.75) is 52.3 Å². The number of anilines is 2. The monoisotopic (exact) mass is 426 g/mol. The molecule has 7 heteroatoms. The number of amides is 1. The van der Waals surface area contributed by atoms with Crippen molar-refractivity contribution in [1.29, 1.82) is 0 Å². The van der Waals surface area contributed by atoms with Crippen LogP contribution in [0, 0.1) is 5.92 Å². The molecule has 0 radical (unpaired) electrons. The van der Waals surface area contributed by atoms with Gasteiger partial charge in [-0.25, -0.2) is 0 Å². The summed E-state index contributed by atoms with van der Waals surface area (Å²) in [5.74, 6) is -0.114. The Morgan fingerprint density at radius 2 is 1.72 bits per heavy atom. The van der Waals surface area contributed by atoms with Gasteiger partial charge in [-0.05, 0) is 48.1 Å². The highest BCUT2D eigenvalue weighted by Gasteiger charge is 2.31. The van der Waals surface area contributed by atoms with Gasteiger partial charge >= 0.3 is 6.18 Å². The molecule has 0 fully saturated rings. The molecule has 1 amide bonds. The molecule has 0 spiro atoms. The number of alkyl halides is 3. The van der Waals surface area contributed by atoms with Gasteiger partial charge in [-0.1, -0.05) is 57.5 Å². The molecule has 2 N–H and O–H groups in total. The maximum Gasteiger partial charge on any atom is 0.416 e. The molecule has 158 valence electrons. The minimum Gasteiger partial charge on any atom is -0.372 e. The third kappa shape index (κ3) is 5.89. The lowest BCUT2D eigenvalue weighted by molar-refractivity contribution is -0.137. The quantitative estimate of drug-likeness (QED) is 0.503. The summed E-state index contributed by atoms with van der Waals surface area (Å²) in [6.45, 7) is 7.88. The number of carbonyl (C=O) groups is 1. The number of hydrogen-bond acceptors (Lipinski definition) is 2. The molecule has 2 rings (SSSR count). The van der Waals surface area contributed by atoms with Crippen molar-refractivity contribution in [1.82, 2.24) is 0 Å². The van der Waals surface area contributed by atoms with Gasteiger partial charge in [0, 0.05) is 5.69 Å². The maximum atomic E-state index is 13.0. The molecular weight excluding hydrogens is 401 g/mol. The lowest BCUT2D eigenvalue weighted by Crippen LogP contribution is -2.39. The number of nitrogens with one attached hydrogen (secondary N) is 2. The summed E-state index contributed by atoms with van der Waals surface area (Å²) in [5, 5.41) is 5.87. The SMILES string of the molecule is CC[C@@H](C)c1ccccc1NC(=O)[C@@H](Nc1ccc(C(F)(F)F)cc1Cl)C(C)C. The van der Waals surface area contributed by atoms with Crippen LogP contribution < -0.4 is 10.6 Å². The molecule has 0 aromatic heterocycles. The van der Waals surface area contributed by atoms with E-state index in [-0.39, 0.29) is 28.5 Å². The van der Waals surface area contributed by atoms with Crippen LogP contribution in [0.3, 0.4) is 0 Å². The Balaban J connectivity index is 2.24. The molecule has 0 saturated carbocycles. The maximum absolute atomic E-state index is 13.0. The smallest absolute Gasteiger partial charge is 0.372 e. The van der Waals surface area contributed by atoms with Crippen molar-refractivity contribution in [2.24, 2.45) is 5.92 Å². The summed E-state index contributed by atoms with van der Waals surface area (Å²) in [6.07, 6.45) is -3.55.